The van der Waals surface area contributed by atoms with E-state index in [0.29, 0.717) is 28.6 Å². The van der Waals surface area contributed by atoms with Crippen molar-refractivity contribution in [3.05, 3.63) is 59.0 Å². The Labute approximate surface area is 212 Å². The summed E-state index contributed by atoms with van der Waals surface area (Å²) in [7, 11) is 3.13. The monoisotopic (exact) mass is 490 g/mol. The molecule has 1 aliphatic heterocycles. The number of nitrogens with two attached hydrogens (primary N) is 1. The molecule has 0 bridgehead atoms. The maximum Gasteiger partial charge on any atom is 0.314 e. The first-order chi connectivity index (χ1) is 17.5. The molecular weight excluding hydrogens is 456 g/mol. The van der Waals surface area contributed by atoms with Crippen LogP contribution in [0.25, 0.3) is 0 Å². The predicted molar refractivity (Wildman–Crippen MR) is 136 cm³/mol. The second kappa shape index (κ2) is 11.4. The van der Waals surface area contributed by atoms with Gasteiger partial charge >= 0.3 is 5.97 Å². The van der Waals surface area contributed by atoms with Gasteiger partial charge < -0.3 is 24.7 Å². The maximum absolute atomic E-state index is 12.9. The summed E-state index contributed by atoms with van der Waals surface area (Å²) in [6.45, 7) is 2.21. The number of rotatable bonds is 8. The summed E-state index contributed by atoms with van der Waals surface area (Å²) in [6.07, 6.45) is 7.63. The molecule has 4 rings (SSSR count). The average molecular weight is 491 g/mol. The van der Waals surface area contributed by atoms with E-state index in [1.807, 2.05) is 18.2 Å². The molecule has 1 atom stereocenters. The van der Waals surface area contributed by atoms with E-state index in [0.717, 1.165) is 42.7 Å². The molecule has 0 aromatic heterocycles. The van der Waals surface area contributed by atoms with Crippen LogP contribution < -0.4 is 24.7 Å². The number of nitrogens with zero attached hydrogens (tertiary/aromatic N) is 1. The van der Waals surface area contributed by atoms with Gasteiger partial charge in [0.25, 0.3) is 0 Å². The molecular formula is C29H34N2O5. The molecule has 36 heavy (non-hydrogen) atoms. The standard InChI is InChI=1S/C29H34N2O5/c1-4-5-6-18-7-9-19(10-8-18)29(32)35-21-12-13-22-25(16-21)36-28(31)23(17-30)27(22)20-11-14-24(33-2)26(15-20)34-3/h11-16,18-19,27H,4-10,31H2,1-3H3. The minimum atomic E-state index is -0.457. The van der Waals surface area contributed by atoms with Crippen molar-refractivity contribution >= 4 is 5.97 Å². The zero-order chi connectivity index (χ0) is 25.7. The van der Waals surface area contributed by atoms with E-state index in [9.17, 15) is 10.1 Å². The largest absolute Gasteiger partial charge is 0.493 e. The molecule has 0 radical (unpaired) electrons. The summed E-state index contributed by atoms with van der Waals surface area (Å²) in [6, 6.07) is 12.9. The summed E-state index contributed by atoms with van der Waals surface area (Å²) < 4.78 is 22.4. The fourth-order valence-electron chi connectivity index (χ4n) is 5.25. The Morgan fingerprint density at radius 1 is 1.08 bits per heavy atom. The number of ether oxygens (including phenoxy) is 4. The molecule has 190 valence electrons. The van der Waals surface area contributed by atoms with Gasteiger partial charge in [-0.3, -0.25) is 4.79 Å². The maximum atomic E-state index is 12.9. The third kappa shape index (κ3) is 5.28. The number of unbranched alkanes of at least 4 members (excludes halogenated alkanes) is 1. The normalized spacial score (nSPS) is 21.1. The second-order valence-electron chi connectivity index (χ2n) is 9.52. The zero-order valence-electron chi connectivity index (χ0n) is 21.2. The van der Waals surface area contributed by atoms with Gasteiger partial charge in [-0.15, -0.1) is 0 Å². The van der Waals surface area contributed by atoms with Crippen LogP contribution in [0.15, 0.2) is 47.9 Å². The Morgan fingerprint density at radius 3 is 2.50 bits per heavy atom. The molecule has 0 saturated heterocycles. The van der Waals surface area contributed by atoms with Gasteiger partial charge in [0.1, 0.15) is 23.1 Å². The Morgan fingerprint density at radius 2 is 1.83 bits per heavy atom. The lowest BCUT2D eigenvalue weighted by atomic mass is 9.80. The molecule has 0 amide bonds. The number of nitriles is 1. The smallest absolute Gasteiger partial charge is 0.314 e. The molecule has 1 heterocycles. The number of hydrogen-bond donors (Lipinski definition) is 1. The number of methoxy groups -OCH3 is 2. The molecule has 7 heteroatoms. The lowest BCUT2D eigenvalue weighted by molar-refractivity contribution is -0.140. The van der Waals surface area contributed by atoms with Crippen molar-refractivity contribution in [3.63, 3.8) is 0 Å². The summed E-state index contributed by atoms with van der Waals surface area (Å²) in [5, 5.41) is 9.84. The van der Waals surface area contributed by atoms with Crippen molar-refractivity contribution in [1.29, 1.82) is 5.26 Å². The first-order valence-corrected chi connectivity index (χ1v) is 12.6. The lowest BCUT2D eigenvalue weighted by Crippen LogP contribution is -2.26. The third-order valence-electron chi connectivity index (χ3n) is 7.30. The molecule has 2 aromatic rings. The summed E-state index contributed by atoms with van der Waals surface area (Å²) in [4.78, 5) is 12.9. The van der Waals surface area contributed by atoms with Crippen LogP contribution in [0.4, 0.5) is 0 Å². The van der Waals surface area contributed by atoms with E-state index in [4.69, 9.17) is 24.7 Å². The lowest BCUT2D eigenvalue weighted by Gasteiger charge is -2.28. The van der Waals surface area contributed by atoms with Crippen LogP contribution in [-0.4, -0.2) is 20.2 Å². The number of fused-ring (bicyclic) bond motifs is 1. The Balaban J connectivity index is 1.54. The highest BCUT2D eigenvalue weighted by Gasteiger charge is 2.32. The van der Waals surface area contributed by atoms with Gasteiger partial charge in [0.2, 0.25) is 5.88 Å². The van der Waals surface area contributed by atoms with Gasteiger partial charge in [-0.1, -0.05) is 38.3 Å². The highest BCUT2D eigenvalue weighted by atomic mass is 16.5. The van der Waals surface area contributed by atoms with Crippen LogP contribution in [0, 0.1) is 23.2 Å². The molecule has 1 saturated carbocycles. The number of benzene rings is 2. The van der Waals surface area contributed by atoms with Crippen molar-refractivity contribution in [2.45, 2.75) is 57.8 Å². The minimum Gasteiger partial charge on any atom is -0.493 e. The molecule has 2 aromatic carbocycles. The van der Waals surface area contributed by atoms with Crippen molar-refractivity contribution < 1.29 is 23.7 Å². The molecule has 2 N–H and O–H groups in total. The van der Waals surface area contributed by atoms with Crippen molar-refractivity contribution in [2.24, 2.45) is 17.6 Å². The SMILES string of the molecule is CCCCC1CCC(C(=O)Oc2ccc3c(c2)OC(N)=C(C#N)C3c2ccc(OC)c(OC)c2)CC1. The fraction of sp³-hybridized carbons (Fsp3) is 0.448. The van der Waals surface area contributed by atoms with Crippen LogP contribution in [0.3, 0.4) is 0 Å². The number of carbonyl (C=O) groups is 1. The van der Waals surface area contributed by atoms with Crippen LogP contribution >= 0.6 is 0 Å². The van der Waals surface area contributed by atoms with Crippen molar-refractivity contribution in [3.8, 4) is 29.1 Å². The molecule has 0 spiro atoms. The third-order valence-corrected chi connectivity index (χ3v) is 7.30. The van der Waals surface area contributed by atoms with Crippen LogP contribution in [0.1, 0.15) is 68.9 Å². The number of carbonyl (C=O) groups excluding carboxylic acids is 1. The van der Waals surface area contributed by atoms with Gasteiger partial charge in [0, 0.05) is 11.6 Å². The van der Waals surface area contributed by atoms with Gasteiger partial charge in [-0.2, -0.15) is 5.26 Å². The molecule has 1 fully saturated rings. The topological polar surface area (TPSA) is 104 Å². The number of hydrogen-bond acceptors (Lipinski definition) is 7. The van der Waals surface area contributed by atoms with Crippen molar-refractivity contribution in [2.75, 3.05) is 14.2 Å². The summed E-state index contributed by atoms with van der Waals surface area (Å²) >= 11 is 0. The molecule has 1 aliphatic carbocycles. The van der Waals surface area contributed by atoms with E-state index in [2.05, 4.69) is 13.0 Å². The fourth-order valence-corrected chi connectivity index (χ4v) is 5.25. The summed E-state index contributed by atoms with van der Waals surface area (Å²) in [5.41, 5.74) is 8.01. The quantitative estimate of drug-likeness (QED) is 0.367. The van der Waals surface area contributed by atoms with Crippen LogP contribution in [-0.2, 0) is 4.79 Å². The first-order valence-electron chi connectivity index (χ1n) is 12.6. The van der Waals surface area contributed by atoms with E-state index in [1.54, 1.807) is 32.4 Å². The van der Waals surface area contributed by atoms with Crippen LogP contribution in [0.2, 0.25) is 0 Å². The Kier molecular flexibility index (Phi) is 8.04. The van der Waals surface area contributed by atoms with Gasteiger partial charge in [0.05, 0.1) is 26.1 Å². The number of allylic oxidation sites excluding steroid dienone is 1. The molecule has 2 aliphatic rings. The van der Waals surface area contributed by atoms with Gasteiger partial charge in [-0.05, 0) is 55.4 Å². The van der Waals surface area contributed by atoms with Gasteiger partial charge in [0.15, 0.2) is 11.5 Å². The van der Waals surface area contributed by atoms with E-state index in [1.165, 1.54) is 19.3 Å². The molecule has 7 nitrogen and oxygen atoms in total. The predicted octanol–water partition coefficient (Wildman–Crippen LogP) is 5.82. The van der Waals surface area contributed by atoms with E-state index in [-0.39, 0.29) is 17.8 Å². The van der Waals surface area contributed by atoms with E-state index < -0.39 is 5.92 Å². The zero-order valence-corrected chi connectivity index (χ0v) is 21.2. The average Bonchev–Trinajstić information content (AvgIpc) is 2.90. The first kappa shape index (κ1) is 25.4. The van der Waals surface area contributed by atoms with Gasteiger partial charge in [-0.25, -0.2) is 0 Å². The Bertz CT molecular complexity index is 1170. The Hall–Kier alpha value is -3.66. The van der Waals surface area contributed by atoms with Crippen molar-refractivity contribution in [1.82, 2.24) is 0 Å². The molecule has 1 unspecified atom stereocenters. The highest BCUT2D eigenvalue weighted by molar-refractivity contribution is 5.75. The highest BCUT2D eigenvalue weighted by Crippen LogP contribution is 2.45. The van der Waals surface area contributed by atoms with E-state index >= 15 is 0 Å². The minimum absolute atomic E-state index is 0.0265. The number of esters is 1. The second-order valence-corrected chi connectivity index (χ2v) is 9.52. The summed E-state index contributed by atoms with van der Waals surface area (Å²) in [5.74, 6) is 2.03. The van der Waals surface area contributed by atoms with Crippen LogP contribution in [0.5, 0.6) is 23.0 Å².